The van der Waals surface area contributed by atoms with Gasteiger partial charge in [0, 0.05) is 47.2 Å². The number of hydrogen-bond acceptors (Lipinski definition) is 6. The fourth-order valence-corrected chi connectivity index (χ4v) is 6.82. The van der Waals surface area contributed by atoms with E-state index >= 15 is 0 Å². The second kappa shape index (κ2) is 9.91. The number of rotatable bonds is 8. The molecule has 35 heavy (non-hydrogen) atoms. The first-order valence-corrected chi connectivity index (χ1v) is 13.9. The summed E-state index contributed by atoms with van der Waals surface area (Å²) in [7, 11) is -3.85. The molecule has 0 fully saturated rings. The van der Waals surface area contributed by atoms with E-state index < -0.39 is 10.0 Å². The maximum atomic E-state index is 13.3. The first-order valence-electron chi connectivity index (χ1n) is 11.6. The van der Waals surface area contributed by atoms with Gasteiger partial charge in [0.2, 0.25) is 5.95 Å². The predicted molar refractivity (Wildman–Crippen MR) is 141 cm³/mol. The third-order valence-corrected chi connectivity index (χ3v) is 8.42. The summed E-state index contributed by atoms with van der Waals surface area (Å²) in [6, 6.07) is 11.7. The van der Waals surface area contributed by atoms with Crippen LogP contribution < -0.4 is 4.72 Å². The van der Waals surface area contributed by atoms with Gasteiger partial charge in [-0.15, -0.1) is 11.3 Å². The molecule has 9 heteroatoms. The van der Waals surface area contributed by atoms with E-state index in [1.165, 1.54) is 23.7 Å². The second-order valence-corrected chi connectivity index (χ2v) is 13.0. The van der Waals surface area contributed by atoms with Gasteiger partial charge in [-0.3, -0.25) is 0 Å². The van der Waals surface area contributed by atoms with E-state index in [1.54, 1.807) is 6.07 Å². The zero-order valence-corrected chi connectivity index (χ0v) is 22.3. The minimum absolute atomic E-state index is 0.0499. The van der Waals surface area contributed by atoms with Gasteiger partial charge in [0.15, 0.2) is 0 Å². The SMILES string of the molecule is CC(C)Cc1cc(-c2ccc(Cn3ccnc3C(C)(C)C)cc2)c(S(=O)(=O)Nc2ncccn2)s1. The summed E-state index contributed by atoms with van der Waals surface area (Å²) in [6.07, 6.45) is 7.65. The van der Waals surface area contributed by atoms with E-state index in [2.05, 4.69) is 58.9 Å². The number of benzene rings is 1. The number of hydrogen-bond donors (Lipinski definition) is 1. The molecule has 4 rings (SSSR count). The molecule has 0 aliphatic rings. The lowest BCUT2D eigenvalue weighted by Gasteiger charge is -2.20. The molecular weight excluding hydrogens is 478 g/mol. The highest BCUT2D eigenvalue weighted by molar-refractivity contribution is 7.94. The van der Waals surface area contributed by atoms with Gasteiger partial charge in [-0.25, -0.2) is 28.1 Å². The van der Waals surface area contributed by atoms with Crippen LogP contribution in [0.5, 0.6) is 0 Å². The molecule has 0 saturated heterocycles. The lowest BCUT2D eigenvalue weighted by molar-refractivity contribution is 0.511. The fraction of sp³-hybridized carbons (Fsp3) is 0.346. The fourth-order valence-electron chi connectivity index (χ4n) is 3.91. The van der Waals surface area contributed by atoms with Crippen LogP contribution in [0, 0.1) is 5.92 Å². The van der Waals surface area contributed by atoms with Crippen LogP contribution in [-0.4, -0.2) is 27.9 Å². The van der Waals surface area contributed by atoms with Crippen LogP contribution in [0.1, 0.15) is 50.9 Å². The molecular formula is C26H31N5O2S2. The number of sulfonamides is 1. The second-order valence-electron chi connectivity index (χ2n) is 10.0. The molecule has 0 atom stereocenters. The number of aromatic nitrogens is 4. The van der Waals surface area contributed by atoms with Crippen molar-refractivity contribution in [3.8, 4) is 11.1 Å². The molecule has 3 aromatic heterocycles. The van der Waals surface area contributed by atoms with Gasteiger partial charge in [-0.05, 0) is 35.6 Å². The van der Waals surface area contributed by atoms with Gasteiger partial charge in [-0.2, -0.15) is 0 Å². The van der Waals surface area contributed by atoms with Gasteiger partial charge in [-0.1, -0.05) is 58.9 Å². The number of nitrogens with zero attached hydrogens (tertiary/aromatic N) is 4. The predicted octanol–water partition coefficient (Wildman–Crippen LogP) is 5.75. The minimum Gasteiger partial charge on any atom is -0.330 e. The molecule has 1 aromatic carbocycles. The van der Waals surface area contributed by atoms with E-state index in [1.807, 2.05) is 42.7 Å². The minimum atomic E-state index is -3.85. The molecule has 7 nitrogen and oxygen atoms in total. The van der Waals surface area contributed by atoms with Gasteiger partial charge in [0.05, 0.1) is 0 Å². The molecule has 3 heterocycles. The van der Waals surface area contributed by atoms with E-state index in [9.17, 15) is 8.42 Å². The number of thiophene rings is 1. The highest BCUT2D eigenvalue weighted by Crippen LogP contribution is 2.37. The molecule has 0 unspecified atom stereocenters. The molecule has 0 aliphatic heterocycles. The number of nitrogens with one attached hydrogen (secondary N) is 1. The summed E-state index contributed by atoms with van der Waals surface area (Å²) in [5.74, 6) is 1.50. The van der Waals surface area contributed by atoms with Crippen LogP contribution >= 0.6 is 11.3 Å². The summed E-state index contributed by atoms with van der Waals surface area (Å²) >= 11 is 1.30. The van der Waals surface area contributed by atoms with Crippen LogP contribution in [0.15, 0.2) is 65.4 Å². The maximum Gasteiger partial charge on any atom is 0.274 e. The molecule has 0 aliphatic carbocycles. The van der Waals surface area contributed by atoms with Crippen molar-refractivity contribution in [3.05, 3.63) is 77.5 Å². The Morgan fingerprint density at radius 3 is 2.34 bits per heavy atom. The Hall–Kier alpha value is -3.04. The highest BCUT2D eigenvalue weighted by Gasteiger charge is 2.25. The Kier molecular flexibility index (Phi) is 7.10. The molecule has 1 N–H and O–H groups in total. The quantitative estimate of drug-likeness (QED) is 0.327. The van der Waals surface area contributed by atoms with Crippen LogP contribution in [0.25, 0.3) is 11.1 Å². The smallest absolute Gasteiger partial charge is 0.274 e. The topological polar surface area (TPSA) is 89.8 Å². The zero-order valence-electron chi connectivity index (χ0n) is 20.7. The van der Waals surface area contributed by atoms with Crippen LogP contribution in [0.4, 0.5) is 5.95 Å². The lowest BCUT2D eigenvalue weighted by atomic mass is 9.95. The van der Waals surface area contributed by atoms with Gasteiger partial charge >= 0.3 is 0 Å². The first kappa shape index (κ1) is 25.1. The normalized spacial score (nSPS) is 12.3. The van der Waals surface area contributed by atoms with Crippen LogP contribution in [-0.2, 0) is 28.4 Å². The molecule has 0 amide bonds. The summed E-state index contributed by atoms with van der Waals surface area (Å²) in [5.41, 5.74) is 2.62. The van der Waals surface area contributed by atoms with Crippen molar-refractivity contribution in [2.45, 2.75) is 57.2 Å². The highest BCUT2D eigenvalue weighted by atomic mass is 32.2. The van der Waals surface area contributed by atoms with Crippen molar-refractivity contribution in [1.29, 1.82) is 0 Å². The van der Waals surface area contributed by atoms with Crippen molar-refractivity contribution in [2.75, 3.05) is 4.72 Å². The summed E-state index contributed by atoms with van der Waals surface area (Å²) in [4.78, 5) is 13.6. The van der Waals surface area contributed by atoms with E-state index in [0.29, 0.717) is 18.0 Å². The van der Waals surface area contributed by atoms with Crippen LogP contribution in [0.3, 0.4) is 0 Å². The Morgan fingerprint density at radius 2 is 1.71 bits per heavy atom. The number of imidazole rings is 1. The van der Waals surface area contributed by atoms with Crippen molar-refractivity contribution in [1.82, 2.24) is 19.5 Å². The third-order valence-electron chi connectivity index (χ3n) is 5.40. The average Bonchev–Trinajstić information content (AvgIpc) is 3.42. The molecule has 0 saturated carbocycles. The molecule has 184 valence electrons. The summed E-state index contributed by atoms with van der Waals surface area (Å²) < 4.78 is 31.6. The maximum absolute atomic E-state index is 13.3. The Balaban J connectivity index is 1.66. The standard InChI is InChI=1S/C26H31N5O2S2/c1-18(2)15-21-16-22(23(34-21)35(32,33)30-25-28-11-6-12-29-25)20-9-7-19(8-10-20)17-31-14-13-27-24(31)26(3,4)5/h6-14,16,18H,15,17H2,1-5H3,(H,28,29,30). The van der Waals surface area contributed by atoms with Crippen molar-refractivity contribution in [2.24, 2.45) is 5.92 Å². The first-order chi connectivity index (χ1) is 16.5. The number of anilines is 1. The van der Waals surface area contributed by atoms with Crippen molar-refractivity contribution < 1.29 is 8.42 Å². The summed E-state index contributed by atoms with van der Waals surface area (Å²) in [5, 5.41) is 0. The average molecular weight is 510 g/mol. The van der Waals surface area contributed by atoms with Gasteiger partial charge in [0.25, 0.3) is 10.0 Å². The van der Waals surface area contributed by atoms with Gasteiger partial charge < -0.3 is 4.57 Å². The molecule has 0 spiro atoms. The van der Waals surface area contributed by atoms with Crippen LogP contribution in [0.2, 0.25) is 0 Å². The monoisotopic (exact) mass is 509 g/mol. The van der Waals surface area contributed by atoms with E-state index in [4.69, 9.17) is 0 Å². The summed E-state index contributed by atoms with van der Waals surface area (Å²) in [6.45, 7) is 11.4. The Morgan fingerprint density at radius 1 is 1.03 bits per heavy atom. The lowest BCUT2D eigenvalue weighted by Crippen LogP contribution is -2.19. The Labute approximate surface area is 211 Å². The van der Waals surface area contributed by atoms with Crippen molar-refractivity contribution >= 4 is 27.3 Å². The molecule has 0 radical (unpaired) electrons. The Bertz CT molecular complexity index is 1380. The van der Waals surface area contributed by atoms with Crippen molar-refractivity contribution in [3.63, 3.8) is 0 Å². The van der Waals surface area contributed by atoms with E-state index in [0.717, 1.165) is 28.2 Å². The van der Waals surface area contributed by atoms with E-state index in [-0.39, 0.29) is 15.6 Å². The van der Waals surface area contributed by atoms with Gasteiger partial charge in [0.1, 0.15) is 10.0 Å². The third kappa shape index (κ3) is 5.97. The molecule has 4 aromatic rings. The largest absolute Gasteiger partial charge is 0.330 e. The zero-order chi connectivity index (χ0) is 25.2. The molecule has 0 bridgehead atoms.